The Hall–Kier alpha value is -2.54. The van der Waals surface area contributed by atoms with Crippen LogP contribution in [0.2, 0.25) is 10.0 Å². The maximum absolute atomic E-state index is 13.0. The SMILES string of the molecule is CCC1CCCCN1C(=O)c1ccc(NC2=C(Cl)C(=O)N(c3cc(Cl)ccc3Cl)C2=O)cc1. The number of rotatable bonds is 5. The topological polar surface area (TPSA) is 69.7 Å². The van der Waals surface area contributed by atoms with E-state index in [0.29, 0.717) is 16.3 Å². The molecule has 3 amide bonds. The lowest BCUT2D eigenvalue weighted by Gasteiger charge is -2.35. The van der Waals surface area contributed by atoms with Crippen LogP contribution in [-0.2, 0) is 9.59 Å². The molecule has 33 heavy (non-hydrogen) atoms. The van der Waals surface area contributed by atoms with E-state index in [0.717, 1.165) is 37.1 Å². The highest BCUT2D eigenvalue weighted by Gasteiger charge is 2.40. The standard InChI is InChI=1S/C24H22Cl3N3O3/c1-2-17-5-3-4-12-29(17)22(31)14-6-9-16(10-7-14)28-21-20(27)23(32)30(24(21)33)19-13-15(25)8-11-18(19)26/h6-11,13,17,28H,2-5,12H2,1H3. The molecule has 0 radical (unpaired) electrons. The van der Waals surface area contributed by atoms with Crippen LogP contribution >= 0.6 is 34.8 Å². The summed E-state index contributed by atoms with van der Waals surface area (Å²) in [4.78, 5) is 41.5. The number of nitrogens with zero attached hydrogens (tertiary/aromatic N) is 2. The van der Waals surface area contributed by atoms with E-state index in [1.54, 1.807) is 30.3 Å². The number of nitrogens with one attached hydrogen (secondary N) is 1. The monoisotopic (exact) mass is 505 g/mol. The number of imide groups is 1. The third-order valence-electron chi connectivity index (χ3n) is 5.94. The van der Waals surface area contributed by atoms with Crippen LogP contribution in [0.3, 0.4) is 0 Å². The summed E-state index contributed by atoms with van der Waals surface area (Å²) in [7, 11) is 0. The van der Waals surface area contributed by atoms with Crippen molar-refractivity contribution in [2.45, 2.75) is 38.6 Å². The molecule has 2 aromatic rings. The second kappa shape index (κ2) is 9.75. The summed E-state index contributed by atoms with van der Waals surface area (Å²) in [6, 6.07) is 11.5. The normalized spacial score (nSPS) is 18.8. The van der Waals surface area contributed by atoms with Crippen LogP contribution in [-0.4, -0.2) is 35.2 Å². The molecule has 0 aromatic heterocycles. The minimum absolute atomic E-state index is 0.000702. The van der Waals surface area contributed by atoms with Crippen LogP contribution in [0.15, 0.2) is 53.2 Å². The van der Waals surface area contributed by atoms with Gasteiger partial charge in [-0.05, 0) is 68.1 Å². The van der Waals surface area contributed by atoms with E-state index in [1.807, 2.05) is 4.90 Å². The van der Waals surface area contributed by atoms with Gasteiger partial charge in [0.25, 0.3) is 17.7 Å². The van der Waals surface area contributed by atoms with Crippen molar-refractivity contribution in [2.75, 3.05) is 16.8 Å². The Kier molecular flexibility index (Phi) is 6.98. The van der Waals surface area contributed by atoms with E-state index in [1.165, 1.54) is 12.1 Å². The zero-order valence-electron chi connectivity index (χ0n) is 17.9. The Morgan fingerprint density at radius 3 is 2.45 bits per heavy atom. The average Bonchev–Trinajstić information content (AvgIpc) is 3.03. The summed E-state index contributed by atoms with van der Waals surface area (Å²) < 4.78 is 0. The lowest BCUT2D eigenvalue weighted by molar-refractivity contribution is -0.120. The van der Waals surface area contributed by atoms with Crippen LogP contribution in [0.25, 0.3) is 0 Å². The number of likely N-dealkylation sites (tertiary alicyclic amines) is 1. The third-order valence-corrected chi connectivity index (χ3v) is 6.84. The maximum Gasteiger partial charge on any atom is 0.283 e. The lowest BCUT2D eigenvalue weighted by atomic mass is 9.99. The van der Waals surface area contributed by atoms with E-state index in [9.17, 15) is 14.4 Å². The highest BCUT2D eigenvalue weighted by Crippen LogP contribution is 2.36. The molecule has 1 saturated heterocycles. The summed E-state index contributed by atoms with van der Waals surface area (Å²) >= 11 is 18.4. The van der Waals surface area contributed by atoms with E-state index >= 15 is 0 Å². The van der Waals surface area contributed by atoms with Gasteiger partial charge in [-0.15, -0.1) is 0 Å². The first kappa shape index (κ1) is 23.6. The summed E-state index contributed by atoms with van der Waals surface area (Å²) in [5.74, 6) is -1.34. The molecule has 1 N–H and O–H groups in total. The van der Waals surface area contributed by atoms with Crippen LogP contribution in [0.4, 0.5) is 11.4 Å². The Balaban J connectivity index is 1.52. The molecular weight excluding hydrogens is 485 g/mol. The van der Waals surface area contributed by atoms with Gasteiger partial charge in [0.05, 0.1) is 10.7 Å². The molecule has 0 aliphatic carbocycles. The van der Waals surface area contributed by atoms with Gasteiger partial charge in [0.1, 0.15) is 10.7 Å². The Morgan fingerprint density at radius 2 is 1.76 bits per heavy atom. The fraction of sp³-hybridized carbons (Fsp3) is 0.292. The van der Waals surface area contributed by atoms with Gasteiger partial charge in [-0.1, -0.05) is 41.7 Å². The second-order valence-electron chi connectivity index (χ2n) is 7.99. The van der Waals surface area contributed by atoms with Gasteiger partial charge >= 0.3 is 0 Å². The number of hydrogen-bond donors (Lipinski definition) is 1. The fourth-order valence-corrected chi connectivity index (χ4v) is 4.77. The molecule has 2 heterocycles. The van der Waals surface area contributed by atoms with Gasteiger partial charge in [-0.3, -0.25) is 14.4 Å². The first-order chi connectivity index (χ1) is 15.8. The predicted molar refractivity (Wildman–Crippen MR) is 131 cm³/mol. The highest BCUT2D eigenvalue weighted by atomic mass is 35.5. The number of halogens is 3. The third kappa shape index (κ3) is 4.60. The van der Waals surface area contributed by atoms with E-state index in [4.69, 9.17) is 34.8 Å². The molecule has 6 nitrogen and oxygen atoms in total. The molecule has 0 saturated carbocycles. The molecule has 1 atom stereocenters. The second-order valence-corrected chi connectivity index (χ2v) is 9.21. The quantitative estimate of drug-likeness (QED) is 0.518. The first-order valence-electron chi connectivity index (χ1n) is 10.7. The van der Waals surface area contributed by atoms with Crippen molar-refractivity contribution < 1.29 is 14.4 Å². The number of carbonyl (C=O) groups is 3. The summed E-state index contributed by atoms with van der Waals surface area (Å²) in [6.07, 6.45) is 4.11. The average molecular weight is 507 g/mol. The van der Waals surface area contributed by atoms with E-state index in [-0.39, 0.29) is 33.4 Å². The molecule has 0 spiro atoms. The summed E-state index contributed by atoms with van der Waals surface area (Å²) in [6.45, 7) is 2.86. The molecule has 4 rings (SSSR count). The van der Waals surface area contributed by atoms with Crippen molar-refractivity contribution in [3.63, 3.8) is 0 Å². The molecule has 2 aliphatic rings. The van der Waals surface area contributed by atoms with Gasteiger partial charge in [0, 0.05) is 28.9 Å². The Morgan fingerprint density at radius 1 is 1.03 bits per heavy atom. The van der Waals surface area contributed by atoms with Gasteiger partial charge in [0.15, 0.2) is 0 Å². The van der Waals surface area contributed by atoms with Crippen LogP contribution in [0.5, 0.6) is 0 Å². The fourth-order valence-electron chi connectivity index (χ4n) is 4.19. The van der Waals surface area contributed by atoms with E-state index < -0.39 is 11.8 Å². The van der Waals surface area contributed by atoms with Crippen LogP contribution in [0, 0.1) is 0 Å². The molecule has 1 fully saturated rings. The number of benzene rings is 2. The molecule has 0 bridgehead atoms. The molecule has 1 unspecified atom stereocenters. The summed E-state index contributed by atoms with van der Waals surface area (Å²) in [5.41, 5.74) is 1.17. The zero-order chi connectivity index (χ0) is 23.7. The minimum Gasteiger partial charge on any atom is -0.350 e. The van der Waals surface area contributed by atoms with Crippen molar-refractivity contribution >= 4 is 63.9 Å². The first-order valence-corrected chi connectivity index (χ1v) is 11.9. The lowest BCUT2D eigenvalue weighted by Crippen LogP contribution is -2.43. The highest BCUT2D eigenvalue weighted by molar-refractivity contribution is 6.54. The minimum atomic E-state index is -0.698. The van der Waals surface area contributed by atoms with Gasteiger partial charge in [0.2, 0.25) is 0 Å². The van der Waals surface area contributed by atoms with E-state index in [2.05, 4.69) is 12.2 Å². The largest absolute Gasteiger partial charge is 0.350 e. The molecular formula is C24H22Cl3N3O3. The Labute approximate surface area is 207 Å². The number of piperidine rings is 1. The van der Waals surface area contributed by atoms with Crippen molar-refractivity contribution in [1.82, 2.24) is 4.90 Å². The molecule has 2 aromatic carbocycles. The zero-order valence-corrected chi connectivity index (χ0v) is 20.2. The number of amides is 3. The molecule has 172 valence electrons. The predicted octanol–water partition coefficient (Wildman–Crippen LogP) is 5.83. The number of anilines is 2. The van der Waals surface area contributed by atoms with Gasteiger partial charge in [-0.25, -0.2) is 4.90 Å². The van der Waals surface area contributed by atoms with Crippen molar-refractivity contribution in [2.24, 2.45) is 0 Å². The summed E-state index contributed by atoms with van der Waals surface area (Å²) in [5, 5.41) is 3.17. The van der Waals surface area contributed by atoms with Crippen molar-refractivity contribution in [3.8, 4) is 0 Å². The smallest absolute Gasteiger partial charge is 0.283 e. The Bertz CT molecular complexity index is 1150. The molecule has 2 aliphatic heterocycles. The van der Waals surface area contributed by atoms with Crippen molar-refractivity contribution in [3.05, 3.63) is 68.8 Å². The number of hydrogen-bond acceptors (Lipinski definition) is 4. The van der Waals surface area contributed by atoms with Crippen LogP contribution in [0.1, 0.15) is 43.0 Å². The maximum atomic E-state index is 13.0. The number of carbonyl (C=O) groups excluding carboxylic acids is 3. The van der Waals surface area contributed by atoms with Crippen LogP contribution < -0.4 is 10.2 Å². The van der Waals surface area contributed by atoms with Gasteiger partial charge < -0.3 is 10.2 Å². The molecule has 9 heteroatoms. The van der Waals surface area contributed by atoms with Crippen molar-refractivity contribution in [1.29, 1.82) is 0 Å². The van der Waals surface area contributed by atoms with Gasteiger partial charge in [-0.2, -0.15) is 0 Å².